The van der Waals surface area contributed by atoms with Crippen molar-refractivity contribution in [2.24, 2.45) is 5.73 Å². The van der Waals surface area contributed by atoms with Crippen LogP contribution in [0.3, 0.4) is 0 Å². The summed E-state index contributed by atoms with van der Waals surface area (Å²) in [5.74, 6) is 0. The van der Waals surface area contributed by atoms with Crippen LogP contribution < -0.4 is 16.7 Å². The lowest BCUT2D eigenvalue weighted by molar-refractivity contribution is -0.137. The fraction of sp³-hybridized carbons (Fsp3) is 0.231. The molecule has 0 aliphatic carbocycles. The molecule has 5 nitrogen and oxygen atoms in total. The second-order valence-electron chi connectivity index (χ2n) is 4.27. The van der Waals surface area contributed by atoms with Crippen LogP contribution in [-0.2, 0) is 6.18 Å². The first-order valence-corrected chi connectivity index (χ1v) is 6.12. The lowest BCUT2D eigenvalue weighted by atomic mass is 10.1. The van der Waals surface area contributed by atoms with Gasteiger partial charge in [0.05, 0.1) is 23.1 Å². The van der Waals surface area contributed by atoms with E-state index >= 15 is 0 Å². The SMILES string of the molecule is NCCNc1cnc(=O)[nH]c1-c1ccc(C(F)(F)F)cc1. The van der Waals surface area contributed by atoms with Crippen molar-refractivity contribution in [2.45, 2.75) is 6.18 Å². The van der Waals surface area contributed by atoms with Gasteiger partial charge in [0.25, 0.3) is 0 Å². The van der Waals surface area contributed by atoms with Crippen LogP contribution >= 0.6 is 0 Å². The van der Waals surface area contributed by atoms with Gasteiger partial charge in [-0.05, 0) is 12.1 Å². The van der Waals surface area contributed by atoms with E-state index in [1.807, 2.05) is 0 Å². The third-order valence-electron chi connectivity index (χ3n) is 2.77. The monoisotopic (exact) mass is 298 g/mol. The number of nitrogens with one attached hydrogen (secondary N) is 2. The normalized spacial score (nSPS) is 11.4. The lowest BCUT2D eigenvalue weighted by Gasteiger charge is -2.11. The van der Waals surface area contributed by atoms with Crippen molar-refractivity contribution in [2.75, 3.05) is 18.4 Å². The number of H-pyrrole nitrogens is 1. The van der Waals surface area contributed by atoms with E-state index in [0.29, 0.717) is 30.0 Å². The zero-order chi connectivity index (χ0) is 15.5. The van der Waals surface area contributed by atoms with Crippen LogP contribution in [0.4, 0.5) is 18.9 Å². The van der Waals surface area contributed by atoms with Crippen LogP contribution in [0.15, 0.2) is 35.3 Å². The fourth-order valence-electron chi connectivity index (χ4n) is 1.79. The van der Waals surface area contributed by atoms with Gasteiger partial charge in [0.15, 0.2) is 0 Å². The lowest BCUT2D eigenvalue weighted by Crippen LogP contribution is -2.17. The Kier molecular flexibility index (Phi) is 4.27. The summed E-state index contributed by atoms with van der Waals surface area (Å²) in [6.07, 6.45) is -3.08. The predicted octanol–water partition coefficient (Wildman–Crippen LogP) is 1.83. The van der Waals surface area contributed by atoms with Crippen molar-refractivity contribution >= 4 is 5.69 Å². The molecular formula is C13H13F3N4O. The van der Waals surface area contributed by atoms with Gasteiger partial charge in [0.1, 0.15) is 0 Å². The number of aromatic amines is 1. The highest BCUT2D eigenvalue weighted by atomic mass is 19.4. The number of nitrogens with zero attached hydrogens (tertiary/aromatic N) is 1. The number of hydrogen-bond acceptors (Lipinski definition) is 4. The number of alkyl halides is 3. The molecule has 0 radical (unpaired) electrons. The molecule has 1 aromatic heterocycles. The standard InChI is InChI=1S/C13H13F3N4O/c14-13(15,16)9-3-1-8(2-4-9)11-10(18-6-5-17)7-19-12(21)20-11/h1-4,7,18H,5-6,17H2,(H,19,20,21). The molecule has 1 heterocycles. The average Bonchev–Trinajstić information content (AvgIpc) is 2.45. The van der Waals surface area contributed by atoms with E-state index in [9.17, 15) is 18.0 Å². The fourth-order valence-corrected chi connectivity index (χ4v) is 1.79. The average molecular weight is 298 g/mol. The zero-order valence-corrected chi connectivity index (χ0v) is 10.9. The van der Waals surface area contributed by atoms with Gasteiger partial charge in [-0.15, -0.1) is 0 Å². The summed E-state index contributed by atoms with van der Waals surface area (Å²) in [4.78, 5) is 17.4. The maximum absolute atomic E-state index is 12.5. The molecule has 4 N–H and O–H groups in total. The Hall–Kier alpha value is -2.35. The second-order valence-corrected chi connectivity index (χ2v) is 4.27. The molecule has 2 aromatic rings. The first-order chi connectivity index (χ1) is 9.91. The molecule has 21 heavy (non-hydrogen) atoms. The van der Waals surface area contributed by atoms with Crippen molar-refractivity contribution in [3.63, 3.8) is 0 Å². The van der Waals surface area contributed by atoms with E-state index in [1.165, 1.54) is 18.3 Å². The Balaban J connectivity index is 2.41. The number of nitrogens with two attached hydrogens (primary N) is 1. The summed E-state index contributed by atoms with van der Waals surface area (Å²) in [6.45, 7) is 0.812. The van der Waals surface area contributed by atoms with Crippen LogP contribution in [0.25, 0.3) is 11.3 Å². The maximum Gasteiger partial charge on any atom is 0.416 e. The number of hydrogen-bond donors (Lipinski definition) is 3. The van der Waals surface area contributed by atoms with E-state index in [2.05, 4.69) is 15.3 Å². The Morgan fingerprint density at radius 3 is 2.48 bits per heavy atom. The Morgan fingerprint density at radius 1 is 1.24 bits per heavy atom. The van der Waals surface area contributed by atoms with Crippen molar-refractivity contribution in [1.82, 2.24) is 9.97 Å². The molecule has 0 aliphatic heterocycles. The van der Waals surface area contributed by atoms with Gasteiger partial charge in [-0.25, -0.2) is 4.79 Å². The first kappa shape index (κ1) is 15.0. The summed E-state index contributed by atoms with van der Waals surface area (Å²) in [5.41, 5.74) is 5.37. The van der Waals surface area contributed by atoms with Crippen molar-refractivity contribution in [1.29, 1.82) is 0 Å². The quantitative estimate of drug-likeness (QED) is 0.804. The third kappa shape index (κ3) is 3.60. The van der Waals surface area contributed by atoms with Crippen molar-refractivity contribution < 1.29 is 13.2 Å². The molecule has 1 aromatic carbocycles. The van der Waals surface area contributed by atoms with Gasteiger partial charge in [-0.2, -0.15) is 18.2 Å². The Labute approximate surface area is 118 Å². The smallest absolute Gasteiger partial charge is 0.381 e. The van der Waals surface area contributed by atoms with Gasteiger partial charge >= 0.3 is 11.9 Å². The molecule has 0 bridgehead atoms. The highest BCUT2D eigenvalue weighted by Gasteiger charge is 2.30. The molecular weight excluding hydrogens is 285 g/mol. The molecule has 0 spiro atoms. The maximum atomic E-state index is 12.5. The first-order valence-electron chi connectivity index (χ1n) is 6.12. The molecule has 0 unspecified atom stereocenters. The highest BCUT2D eigenvalue weighted by molar-refractivity contribution is 5.73. The van der Waals surface area contributed by atoms with E-state index in [0.717, 1.165) is 12.1 Å². The molecule has 112 valence electrons. The summed E-state index contributed by atoms with van der Waals surface area (Å²) in [7, 11) is 0. The van der Waals surface area contributed by atoms with Crippen LogP contribution in [-0.4, -0.2) is 23.1 Å². The van der Waals surface area contributed by atoms with Gasteiger partial charge in [0, 0.05) is 18.7 Å². The minimum atomic E-state index is -4.40. The van der Waals surface area contributed by atoms with Gasteiger partial charge in [-0.3, -0.25) is 0 Å². The van der Waals surface area contributed by atoms with Crippen LogP contribution in [0.1, 0.15) is 5.56 Å². The van der Waals surface area contributed by atoms with Gasteiger partial charge in [-0.1, -0.05) is 12.1 Å². The molecule has 0 saturated heterocycles. The van der Waals surface area contributed by atoms with E-state index in [1.54, 1.807) is 0 Å². The predicted molar refractivity (Wildman–Crippen MR) is 72.8 cm³/mol. The van der Waals surface area contributed by atoms with Crippen molar-refractivity contribution in [3.05, 3.63) is 46.5 Å². The molecule has 0 saturated carbocycles. The number of anilines is 1. The van der Waals surface area contributed by atoms with Crippen LogP contribution in [0.5, 0.6) is 0 Å². The van der Waals surface area contributed by atoms with E-state index in [-0.39, 0.29) is 0 Å². The minimum absolute atomic E-state index is 0.367. The topological polar surface area (TPSA) is 83.8 Å². The zero-order valence-electron chi connectivity index (χ0n) is 10.9. The summed E-state index contributed by atoms with van der Waals surface area (Å²) in [5, 5.41) is 2.95. The van der Waals surface area contributed by atoms with Gasteiger partial charge in [0.2, 0.25) is 0 Å². The summed E-state index contributed by atoms with van der Waals surface area (Å²) >= 11 is 0. The molecule has 8 heteroatoms. The molecule has 0 aliphatic rings. The highest BCUT2D eigenvalue weighted by Crippen LogP contribution is 2.31. The van der Waals surface area contributed by atoms with Crippen molar-refractivity contribution in [3.8, 4) is 11.3 Å². The number of aromatic nitrogens is 2. The third-order valence-corrected chi connectivity index (χ3v) is 2.77. The van der Waals surface area contributed by atoms with Gasteiger partial charge < -0.3 is 16.0 Å². The van der Waals surface area contributed by atoms with Crippen LogP contribution in [0, 0.1) is 0 Å². The Bertz CT molecular complexity index is 664. The molecule has 0 fully saturated rings. The molecule has 0 amide bonds. The Morgan fingerprint density at radius 2 is 1.90 bits per heavy atom. The van der Waals surface area contributed by atoms with Crippen LogP contribution in [0.2, 0.25) is 0 Å². The number of benzene rings is 1. The van der Waals surface area contributed by atoms with E-state index in [4.69, 9.17) is 5.73 Å². The largest absolute Gasteiger partial charge is 0.416 e. The summed E-state index contributed by atoms with van der Waals surface area (Å²) in [6, 6.07) is 4.50. The molecule has 2 rings (SSSR count). The second kappa shape index (κ2) is 5.96. The number of halogens is 3. The molecule has 0 atom stereocenters. The minimum Gasteiger partial charge on any atom is -0.381 e. The number of rotatable bonds is 4. The summed E-state index contributed by atoms with van der Waals surface area (Å²) < 4.78 is 37.6. The van der Waals surface area contributed by atoms with E-state index < -0.39 is 17.4 Å².